The molecule has 3 rings (SSSR count). The molecule has 100 valence electrons. The Balaban J connectivity index is 1.68. The van der Waals surface area contributed by atoms with E-state index in [-0.39, 0.29) is 0 Å². The summed E-state index contributed by atoms with van der Waals surface area (Å²) in [6.45, 7) is 2.44. The van der Waals surface area contributed by atoms with Crippen molar-refractivity contribution in [3.63, 3.8) is 0 Å². The van der Waals surface area contributed by atoms with Crippen LogP contribution in [0.3, 0.4) is 0 Å². The van der Waals surface area contributed by atoms with Crippen LogP contribution >= 0.6 is 0 Å². The van der Waals surface area contributed by atoms with E-state index in [1.807, 2.05) is 6.07 Å². The van der Waals surface area contributed by atoms with Gasteiger partial charge in [0, 0.05) is 32.0 Å². The van der Waals surface area contributed by atoms with Crippen molar-refractivity contribution < 1.29 is 4.42 Å². The first kappa shape index (κ1) is 12.2. The third kappa shape index (κ3) is 2.61. The molecule has 2 heterocycles. The summed E-state index contributed by atoms with van der Waals surface area (Å²) in [6.07, 6.45) is 1.77. The lowest BCUT2D eigenvalue weighted by molar-refractivity contribution is 0.490. The van der Waals surface area contributed by atoms with E-state index in [4.69, 9.17) is 10.2 Å². The Morgan fingerprint density at radius 2 is 2.11 bits per heavy atom. The van der Waals surface area contributed by atoms with Crippen LogP contribution in [0.5, 0.6) is 0 Å². The molecule has 1 saturated heterocycles. The second kappa shape index (κ2) is 5.40. The van der Waals surface area contributed by atoms with Gasteiger partial charge in [-0.3, -0.25) is 0 Å². The van der Waals surface area contributed by atoms with Gasteiger partial charge in [-0.15, -0.1) is 5.10 Å². The molecule has 5 nitrogen and oxygen atoms in total. The van der Waals surface area contributed by atoms with E-state index >= 15 is 0 Å². The molecule has 19 heavy (non-hydrogen) atoms. The van der Waals surface area contributed by atoms with E-state index in [0.717, 1.165) is 19.5 Å². The quantitative estimate of drug-likeness (QED) is 0.901. The van der Waals surface area contributed by atoms with Gasteiger partial charge in [-0.05, 0) is 12.0 Å². The molecule has 2 aromatic rings. The summed E-state index contributed by atoms with van der Waals surface area (Å²) in [5.41, 5.74) is 6.86. The van der Waals surface area contributed by atoms with E-state index in [1.54, 1.807) is 0 Å². The first-order valence-electron chi connectivity index (χ1n) is 6.69. The van der Waals surface area contributed by atoms with Crippen LogP contribution in [0.25, 0.3) is 0 Å². The summed E-state index contributed by atoms with van der Waals surface area (Å²) in [4.78, 5) is 2.16. The Morgan fingerprint density at radius 3 is 2.89 bits per heavy atom. The number of nitrogens with zero attached hydrogens (tertiary/aromatic N) is 3. The van der Waals surface area contributed by atoms with Gasteiger partial charge in [0.25, 0.3) is 0 Å². The summed E-state index contributed by atoms with van der Waals surface area (Å²) >= 11 is 0. The van der Waals surface area contributed by atoms with Gasteiger partial charge in [0.2, 0.25) is 5.89 Å². The molecule has 1 unspecified atom stereocenters. The molecule has 0 aliphatic carbocycles. The van der Waals surface area contributed by atoms with Gasteiger partial charge in [0.05, 0.1) is 0 Å². The van der Waals surface area contributed by atoms with E-state index in [9.17, 15) is 0 Å². The molecule has 1 aromatic carbocycles. The Bertz CT molecular complexity index is 525. The first-order valence-corrected chi connectivity index (χ1v) is 6.69. The summed E-state index contributed by atoms with van der Waals surface area (Å²) in [6, 6.07) is 11.2. The van der Waals surface area contributed by atoms with Crippen LogP contribution in [0, 0.1) is 0 Å². The Hall–Kier alpha value is -1.88. The van der Waals surface area contributed by atoms with Gasteiger partial charge < -0.3 is 15.1 Å². The lowest BCUT2D eigenvalue weighted by Crippen LogP contribution is -2.19. The molecule has 1 aliphatic heterocycles. The van der Waals surface area contributed by atoms with Crippen LogP contribution in [-0.4, -0.2) is 29.8 Å². The number of nitrogens with two attached hydrogens (primary N) is 1. The maximum Gasteiger partial charge on any atom is 0.318 e. The van der Waals surface area contributed by atoms with E-state index in [0.29, 0.717) is 30.8 Å². The van der Waals surface area contributed by atoms with E-state index < -0.39 is 0 Å². The number of anilines is 1. The van der Waals surface area contributed by atoms with Crippen molar-refractivity contribution >= 4 is 6.01 Å². The third-order valence-corrected chi connectivity index (χ3v) is 3.54. The molecule has 0 spiro atoms. The molecular formula is C14H18N4O. The van der Waals surface area contributed by atoms with Gasteiger partial charge in [-0.1, -0.05) is 35.4 Å². The van der Waals surface area contributed by atoms with Crippen molar-refractivity contribution in [3.05, 3.63) is 41.8 Å². The zero-order valence-electron chi connectivity index (χ0n) is 10.8. The fraction of sp³-hybridized carbons (Fsp3) is 0.429. The zero-order valence-corrected chi connectivity index (χ0v) is 10.8. The maximum atomic E-state index is 5.62. The predicted molar refractivity (Wildman–Crippen MR) is 73.1 cm³/mol. The van der Waals surface area contributed by atoms with Crippen LogP contribution in [0.1, 0.15) is 23.8 Å². The molecule has 0 saturated carbocycles. The smallest absolute Gasteiger partial charge is 0.318 e. The van der Waals surface area contributed by atoms with Crippen LogP contribution in [0.2, 0.25) is 0 Å². The van der Waals surface area contributed by atoms with Crippen LogP contribution in [0.4, 0.5) is 6.01 Å². The molecule has 1 aromatic heterocycles. The van der Waals surface area contributed by atoms with Crippen molar-refractivity contribution in [1.82, 2.24) is 10.2 Å². The number of benzene rings is 1. The maximum absolute atomic E-state index is 5.62. The Labute approximate surface area is 112 Å². The van der Waals surface area contributed by atoms with Gasteiger partial charge in [0.15, 0.2) is 0 Å². The number of hydrogen-bond donors (Lipinski definition) is 1. The fourth-order valence-corrected chi connectivity index (χ4v) is 2.53. The lowest BCUT2D eigenvalue weighted by Gasteiger charge is -2.13. The third-order valence-electron chi connectivity index (χ3n) is 3.54. The standard InChI is InChI=1S/C14H18N4O/c15-8-6-13-16-17-14(19-13)18-9-7-12(10-18)11-4-2-1-3-5-11/h1-5,12H,6-10,15H2. The Kier molecular flexibility index (Phi) is 3.46. The summed E-state index contributed by atoms with van der Waals surface area (Å²) < 4.78 is 5.62. The highest BCUT2D eigenvalue weighted by Crippen LogP contribution is 2.29. The first-order chi connectivity index (χ1) is 9.36. The normalized spacial score (nSPS) is 19.0. The van der Waals surface area contributed by atoms with Gasteiger partial charge in [0.1, 0.15) is 0 Å². The minimum Gasteiger partial charge on any atom is -0.408 e. The van der Waals surface area contributed by atoms with Crippen molar-refractivity contribution in [2.45, 2.75) is 18.8 Å². The topological polar surface area (TPSA) is 68.2 Å². The highest BCUT2D eigenvalue weighted by Gasteiger charge is 2.27. The molecular weight excluding hydrogens is 240 g/mol. The largest absolute Gasteiger partial charge is 0.408 e. The minimum absolute atomic E-state index is 0.536. The van der Waals surface area contributed by atoms with Crippen LogP contribution < -0.4 is 10.6 Å². The molecule has 0 bridgehead atoms. The Morgan fingerprint density at radius 1 is 1.26 bits per heavy atom. The van der Waals surface area contributed by atoms with E-state index in [2.05, 4.69) is 39.4 Å². The fourth-order valence-electron chi connectivity index (χ4n) is 2.53. The van der Waals surface area contributed by atoms with Gasteiger partial charge in [-0.25, -0.2) is 0 Å². The molecule has 0 radical (unpaired) electrons. The number of aromatic nitrogens is 2. The van der Waals surface area contributed by atoms with Crippen molar-refractivity contribution in [1.29, 1.82) is 0 Å². The zero-order chi connectivity index (χ0) is 13.1. The monoisotopic (exact) mass is 258 g/mol. The second-order valence-corrected chi connectivity index (χ2v) is 4.86. The van der Waals surface area contributed by atoms with Crippen molar-refractivity contribution in [3.8, 4) is 0 Å². The van der Waals surface area contributed by atoms with Gasteiger partial charge >= 0.3 is 6.01 Å². The molecule has 0 amide bonds. The molecule has 1 atom stereocenters. The highest BCUT2D eigenvalue weighted by atomic mass is 16.4. The summed E-state index contributed by atoms with van der Waals surface area (Å²) in [5.74, 6) is 1.17. The van der Waals surface area contributed by atoms with E-state index in [1.165, 1.54) is 5.56 Å². The summed E-state index contributed by atoms with van der Waals surface area (Å²) in [5, 5.41) is 8.11. The lowest BCUT2D eigenvalue weighted by atomic mass is 9.99. The molecule has 1 aliphatic rings. The van der Waals surface area contributed by atoms with Crippen molar-refractivity contribution in [2.75, 3.05) is 24.5 Å². The molecule has 1 fully saturated rings. The van der Waals surface area contributed by atoms with Crippen LogP contribution in [0.15, 0.2) is 34.7 Å². The predicted octanol–water partition coefficient (Wildman–Crippen LogP) is 1.56. The minimum atomic E-state index is 0.536. The average molecular weight is 258 g/mol. The average Bonchev–Trinajstić information content (AvgIpc) is 3.08. The van der Waals surface area contributed by atoms with Crippen molar-refractivity contribution in [2.24, 2.45) is 5.73 Å². The molecule has 5 heteroatoms. The number of rotatable bonds is 4. The number of hydrogen-bond acceptors (Lipinski definition) is 5. The molecule has 2 N–H and O–H groups in total. The summed E-state index contributed by atoms with van der Waals surface area (Å²) in [7, 11) is 0. The van der Waals surface area contributed by atoms with Gasteiger partial charge in [-0.2, -0.15) is 0 Å². The second-order valence-electron chi connectivity index (χ2n) is 4.86. The highest BCUT2D eigenvalue weighted by molar-refractivity contribution is 5.32. The van der Waals surface area contributed by atoms with Crippen LogP contribution in [-0.2, 0) is 6.42 Å². The SMILES string of the molecule is NCCc1nnc(N2CCC(c3ccccc3)C2)o1.